The Morgan fingerprint density at radius 1 is 1.03 bits per heavy atom. The molecular formula is C25H25N3O6. The van der Waals surface area contributed by atoms with Crippen LogP contribution in [0.15, 0.2) is 47.1 Å². The standard InChI is InChI=1S/C25H25N3O6/c29-24(27-10-8-26(9-11-27)20-4-6-21(7-5-20)28(31)32)16-34-25(30)14-19-15-33-23-13-18-3-1-2-17(18)12-22(19)23/h4-7,12-13,15H,1-3,8-11,14,16H2. The summed E-state index contributed by atoms with van der Waals surface area (Å²) >= 11 is 0. The SMILES string of the molecule is O=C(Cc1coc2cc3c(cc12)CCC3)OCC(=O)N1CCN(c2ccc([N+](=O)[O-])cc2)CC1. The Bertz CT molecular complexity index is 1240. The van der Waals surface area contributed by atoms with Crippen LogP contribution in [0.4, 0.5) is 11.4 Å². The van der Waals surface area contributed by atoms with E-state index in [4.69, 9.17) is 9.15 Å². The second-order valence-corrected chi connectivity index (χ2v) is 8.71. The number of nitrogens with zero attached hydrogens (tertiary/aromatic N) is 3. The lowest BCUT2D eigenvalue weighted by Gasteiger charge is -2.36. The molecule has 0 N–H and O–H groups in total. The highest BCUT2D eigenvalue weighted by Crippen LogP contribution is 2.30. The van der Waals surface area contributed by atoms with Crippen LogP contribution in [0.3, 0.4) is 0 Å². The number of nitro groups is 1. The molecular weight excluding hydrogens is 438 g/mol. The maximum atomic E-state index is 12.5. The topological polar surface area (TPSA) is 106 Å². The zero-order chi connectivity index (χ0) is 23.7. The number of esters is 1. The molecule has 0 spiro atoms. The molecule has 0 atom stereocenters. The fraction of sp³-hybridized carbons (Fsp3) is 0.360. The lowest BCUT2D eigenvalue weighted by molar-refractivity contribution is -0.384. The van der Waals surface area contributed by atoms with Crippen molar-refractivity contribution in [2.24, 2.45) is 0 Å². The summed E-state index contributed by atoms with van der Waals surface area (Å²) in [5, 5.41) is 11.7. The summed E-state index contributed by atoms with van der Waals surface area (Å²) in [7, 11) is 0. The zero-order valence-electron chi connectivity index (χ0n) is 18.7. The van der Waals surface area contributed by atoms with E-state index in [1.165, 1.54) is 23.3 Å². The van der Waals surface area contributed by atoms with Crippen molar-refractivity contribution in [1.29, 1.82) is 0 Å². The maximum absolute atomic E-state index is 12.5. The fourth-order valence-electron chi connectivity index (χ4n) is 4.72. The Hall–Kier alpha value is -3.88. The molecule has 3 aromatic rings. The predicted molar refractivity (Wildman–Crippen MR) is 125 cm³/mol. The minimum Gasteiger partial charge on any atom is -0.464 e. The molecule has 1 fully saturated rings. The average molecular weight is 463 g/mol. The van der Waals surface area contributed by atoms with Crippen LogP contribution in [0.1, 0.15) is 23.1 Å². The number of rotatable bonds is 6. The Balaban J connectivity index is 1.11. The minimum absolute atomic E-state index is 0.0479. The van der Waals surface area contributed by atoms with Crippen LogP contribution < -0.4 is 4.90 Å². The van der Waals surface area contributed by atoms with E-state index in [-0.39, 0.29) is 24.6 Å². The summed E-state index contributed by atoms with van der Waals surface area (Å²) in [6.07, 6.45) is 4.91. The second-order valence-electron chi connectivity index (χ2n) is 8.71. The molecule has 0 radical (unpaired) electrons. The molecule has 0 saturated carbocycles. The van der Waals surface area contributed by atoms with E-state index in [2.05, 4.69) is 17.0 Å². The number of hydrogen-bond donors (Lipinski definition) is 0. The van der Waals surface area contributed by atoms with Gasteiger partial charge < -0.3 is 19.0 Å². The lowest BCUT2D eigenvalue weighted by Crippen LogP contribution is -2.49. The van der Waals surface area contributed by atoms with Crippen molar-refractivity contribution >= 4 is 34.2 Å². The van der Waals surface area contributed by atoms with E-state index in [0.29, 0.717) is 26.2 Å². The van der Waals surface area contributed by atoms with Gasteiger partial charge in [0.15, 0.2) is 6.61 Å². The van der Waals surface area contributed by atoms with Gasteiger partial charge in [0.1, 0.15) is 5.58 Å². The molecule has 2 heterocycles. The van der Waals surface area contributed by atoms with Crippen LogP contribution in [-0.2, 0) is 33.6 Å². The molecule has 1 aliphatic carbocycles. The third-order valence-corrected chi connectivity index (χ3v) is 6.62. The first-order valence-electron chi connectivity index (χ1n) is 11.4. The van der Waals surface area contributed by atoms with Gasteiger partial charge in [-0.15, -0.1) is 0 Å². The number of ether oxygens (including phenoxy) is 1. The Kier molecular flexibility index (Phi) is 5.91. The minimum atomic E-state index is -0.457. The van der Waals surface area contributed by atoms with Crippen LogP contribution in [0.5, 0.6) is 0 Å². The van der Waals surface area contributed by atoms with Crippen molar-refractivity contribution in [3.05, 3.63) is 69.5 Å². The van der Waals surface area contributed by atoms with Gasteiger partial charge in [0.2, 0.25) is 0 Å². The fourth-order valence-corrected chi connectivity index (χ4v) is 4.72. The largest absolute Gasteiger partial charge is 0.464 e. The highest BCUT2D eigenvalue weighted by atomic mass is 16.6. The van der Waals surface area contributed by atoms with Gasteiger partial charge in [0.05, 0.1) is 17.6 Å². The first-order chi connectivity index (χ1) is 16.5. The lowest BCUT2D eigenvalue weighted by atomic mass is 10.0. The van der Waals surface area contributed by atoms with Gasteiger partial charge >= 0.3 is 5.97 Å². The molecule has 0 unspecified atom stereocenters. The van der Waals surface area contributed by atoms with E-state index >= 15 is 0 Å². The van der Waals surface area contributed by atoms with Gasteiger partial charge in [-0.05, 0) is 54.7 Å². The number of hydrogen-bond acceptors (Lipinski definition) is 7. The number of carbonyl (C=O) groups is 2. The number of anilines is 1. The number of benzene rings is 2. The van der Waals surface area contributed by atoms with E-state index < -0.39 is 10.9 Å². The monoisotopic (exact) mass is 463 g/mol. The van der Waals surface area contributed by atoms with E-state index in [0.717, 1.165) is 41.5 Å². The number of non-ortho nitro benzene ring substituents is 1. The molecule has 34 heavy (non-hydrogen) atoms. The number of piperazine rings is 1. The molecule has 5 rings (SSSR count). The van der Waals surface area contributed by atoms with Crippen molar-refractivity contribution in [3.8, 4) is 0 Å². The quantitative estimate of drug-likeness (QED) is 0.314. The summed E-state index contributed by atoms with van der Waals surface area (Å²) in [5.41, 5.74) is 5.11. The molecule has 1 amide bonds. The van der Waals surface area contributed by atoms with Gasteiger partial charge in [0, 0.05) is 54.9 Å². The molecule has 0 bridgehead atoms. The number of fused-ring (bicyclic) bond motifs is 2. The molecule has 2 aliphatic rings. The number of furan rings is 1. The van der Waals surface area contributed by atoms with Gasteiger partial charge in [-0.2, -0.15) is 0 Å². The molecule has 1 aromatic heterocycles. The Morgan fingerprint density at radius 3 is 2.44 bits per heavy atom. The van der Waals surface area contributed by atoms with Crippen LogP contribution in [0.2, 0.25) is 0 Å². The Labute approximate surface area is 196 Å². The number of aryl methyl sites for hydroxylation is 2. The summed E-state index contributed by atoms with van der Waals surface area (Å²) in [6, 6.07) is 10.5. The number of amides is 1. The van der Waals surface area contributed by atoms with Crippen molar-refractivity contribution in [2.45, 2.75) is 25.7 Å². The van der Waals surface area contributed by atoms with E-state index in [9.17, 15) is 19.7 Å². The summed E-state index contributed by atoms with van der Waals surface area (Å²) in [6.45, 7) is 1.89. The second kappa shape index (κ2) is 9.17. The molecule has 9 heteroatoms. The van der Waals surface area contributed by atoms with Crippen LogP contribution >= 0.6 is 0 Å². The number of carbonyl (C=O) groups excluding carboxylic acids is 2. The normalized spacial score (nSPS) is 15.4. The smallest absolute Gasteiger partial charge is 0.310 e. The van der Waals surface area contributed by atoms with Crippen LogP contribution in [0.25, 0.3) is 11.0 Å². The van der Waals surface area contributed by atoms with Crippen molar-refractivity contribution < 1.29 is 23.7 Å². The highest BCUT2D eigenvalue weighted by Gasteiger charge is 2.23. The van der Waals surface area contributed by atoms with E-state index in [1.807, 2.05) is 0 Å². The van der Waals surface area contributed by atoms with Crippen LogP contribution in [-0.4, -0.2) is 54.5 Å². The third kappa shape index (κ3) is 4.46. The van der Waals surface area contributed by atoms with E-state index in [1.54, 1.807) is 23.3 Å². The molecule has 176 valence electrons. The maximum Gasteiger partial charge on any atom is 0.310 e. The first-order valence-corrected chi connectivity index (χ1v) is 11.4. The Morgan fingerprint density at radius 2 is 1.74 bits per heavy atom. The van der Waals surface area contributed by atoms with Crippen molar-refractivity contribution in [3.63, 3.8) is 0 Å². The summed E-state index contributed by atoms with van der Waals surface area (Å²) < 4.78 is 10.9. The van der Waals surface area contributed by atoms with Gasteiger partial charge in [-0.25, -0.2) is 0 Å². The van der Waals surface area contributed by atoms with Crippen molar-refractivity contribution in [1.82, 2.24) is 4.90 Å². The van der Waals surface area contributed by atoms with Gasteiger partial charge in [-0.1, -0.05) is 0 Å². The highest BCUT2D eigenvalue weighted by molar-refractivity contribution is 5.88. The number of nitro benzene ring substituents is 1. The third-order valence-electron chi connectivity index (χ3n) is 6.62. The van der Waals surface area contributed by atoms with Crippen LogP contribution in [0, 0.1) is 10.1 Å². The molecule has 1 aliphatic heterocycles. The molecule has 2 aromatic carbocycles. The predicted octanol–water partition coefficient (Wildman–Crippen LogP) is 3.26. The molecule has 9 nitrogen and oxygen atoms in total. The van der Waals surface area contributed by atoms with Gasteiger partial charge in [-0.3, -0.25) is 19.7 Å². The van der Waals surface area contributed by atoms with Crippen molar-refractivity contribution in [2.75, 3.05) is 37.7 Å². The summed E-state index contributed by atoms with van der Waals surface area (Å²) in [4.78, 5) is 39.1. The average Bonchev–Trinajstić information content (AvgIpc) is 3.47. The first kappa shape index (κ1) is 21.9. The summed E-state index contributed by atoms with van der Waals surface area (Å²) in [5.74, 6) is -0.687. The molecule has 1 saturated heterocycles. The van der Waals surface area contributed by atoms with Gasteiger partial charge in [0.25, 0.3) is 11.6 Å². The zero-order valence-corrected chi connectivity index (χ0v) is 18.7.